The monoisotopic (exact) mass is 249 g/mol. The zero-order valence-electron chi connectivity index (χ0n) is 10.8. The third-order valence-electron chi connectivity index (χ3n) is 2.36. The minimum Gasteiger partial charge on any atom is -0.493 e. The van der Waals surface area contributed by atoms with E-state index in [1.165, 1.54) is 6.21 Å². The number of urea groups is 1. The molecule has 0 radical (unpaired) electrons. The number of hydrogen-bond donors (Lipinski definition) is 2. The summed E-state index contributed by atoms with van der Waals surface area (Å²) in [6.07, 6.45) is 3.65. The van der Waals surface area contributed by atoms with Gasteiger partial charge < -0.3 is 10.5 Å². The van der Waals surface area contributed by atoms with Crippen LogP contribution >= 0.6 is 0 Å². The predicted octanol–water partition coefficient (Wildman–Crippen LogP) is 2.18. The lowest BCUT2D eigenvalue weighted by Crippen LogP contribution is -2.24. The minimum absolute atomic E-state index is 0.683. The quantitative estimate of drug-likeness (QED) is 0.460. The van der Waals surface area contributed by atoms with Gasteiger partial charge in [-0.3, -0.25) is 0 Å². The Morgan fingerprint density at radius 3 is 3.00 bits per heavy atom. The van der Waals surface area contributed by atoms with Gasteiger partial charge in [0.25, 0.3) is 0 Å². The lowest BCUT2D eigenvalue weighted by atomic mass is 10.1. The van der Waals surface area contributed by atoms with Crippen molar-refractivity contribution in [1.82, 2.24) is 5.43 Å². The van der Waals surface area contributed by atoms with Gasteiger partial charge in [0.1, 0.15) is 5.75 Å². The number of rotatable bonds is 6. The van der Waals surface area contributed by atoms with E-state index in [1.54, 1.807) is 0 Å². The Morgan fingerprint density at radius 2 is 2.33 bits per heavy atom. The highest BCUT2D eigenvalue weighted by Crippen LogP contribution is 2.19. The smallest absolute Gasteiger partial charge is 0.332 e. The second-order valence-electron chi connectivity index (χ2n) is 3.96. The molecule has 18 heavy (non-hydrogen) atoms. The number of aryl methyl sites for hydroxylation is 1. The zero-order chi connectivity index (χ0) is 13.4. The van der Waals surface area contributed by atoms with Crippen molar-refractivity contribution in [2.45, 2.75) is 26.7 Å². The van der Waals surface area contributed by atoms with Crippen molar-refractivity contribution in [2.24, 2.45) is 10.8 Å². The summed E-state index contributed by atoms with van der Waals surface area (Å²) < 4.78 is 5.67. The molecule has 1 aromatic rings. The van der Waals surface area contributed by atoms with E-state index >= 15 is 0 Å². The van der Waals surface area contributed by atoms with Crippen molar-refractivity contribution in [3.05, 3.63) is 29.3 Å². The molecule has 5 heteroatoms. The minimum atomic E-state index is -0.683. The van der Waals surface area contributed by atoms with Gasteiger partial charge in [-0.15, -0.1) is 0 Å². The number of hydrogen-bond acceptors (Lipinski definition) is 3. The number of carbonyl (C=O) groups excluding carboxylic acids is 1. The lowest BCUT2D eigenvalue weighted by molar-refractivity contribution is 0.249. The van der Waals surface area contributed by atoms with Crippen molar-refractivity contribution >= 4 is 12.2 Å². The van der Waals surface area contributed by atoms with Crippen LogP contribution in [0.3, 0.4) is 0 Å². The fourth-order valence-electron chi connectivity index (χ4n) is 1.35. The molecule has 0 aliphatic rings. The number of hydrazone groups is 1. The van der Waals surface area contributed by atoms with Crippen molar-refractivity contribution < 1.29 is 9.53 Å². The molecule has 0 spiro atoms. The van der Waals surface area contributed by atoms with E-state index in [2.05, 4.69) is 17.5 Å². The van der Waals surface area contributed by atoms with Crippen LogP contribution in [-0.2, 0) is 0 Å². The number of carbonyl (C=O) groups is 1. The van der Waals surface area contributed by atoms with E-state index in [-0.39, 0.29) is 0 Å². The molecule has 0 bridgehead atoms. The standard InChI is InChI=1S/C13H19N3O2/c1-3-4-7-18-12-8-11(6-5-10(12)2)9-15-16-13(14)17/h5-6,8-9H,3-4,7H2,1-2H3,(H3,14,16,17). The van der Waals surface area contributed by atoms with E-state index in [1.807, 2.05) is 25.1 Å². The Bertz CT molecular complexity index is 430. The van der Waals surface area contributed by atoms with Crippen molar-refractivity contribution in [3.63, 3.8) is 0 Å². The van der Waals surface area contributed by atoms with Crippen LogP contribution in [0.4, 0.5) is 4.79 Å². The molecule has 0 unspecified atom stereocenters. The normalized spacial score (nSPS) is 10.6. The van der Waals surface area contributed by atoms with Crippen LogP contribution in [0, 0.1) is 6.92 Å². The number of primary amides is 1. The summed E-state index contributed by atoms with van der Waals surface area (Å²) in [5, 5.41) is 3.70. The number of nitrogens with two attached hydrogens (primary N) is 1. The Labute approximate surface area is 107 Å². The fourth-order valence-corrected chi connectivity index (χ4v) is 1.35. The molecule has 0 aromatic heterocycles. The SMILES string of the molecule is CCCCOc1cc(C=NNC(N)=O)ccc1C. The van der Waals surface area contributed by atoms with Crippen LogP contribution < -0.4 is 15.9 Å². The Hall–Kier alpha value is -2.04. The Morgan fingerprint density at radius 1 is 1.56 bits per heavy atom. The summed E-state index contributed by atoms with van der Waals surface area (Å²) in [5.41, 5.74) is 8.97. The first-order valence-corrected chi connectivity index (χ1v) is 5.95. The number of unbranched alkanes of at least 4 members (excludes halogenated alkanes) is 1. The summed E-state index contributed by atoms with van der Waals surface area (Å²) in [4.78, 5) is 10.5. The molecule has 0 aliphatic carbocycles. The van der Waals surface area contributed by atoms with Gasteiger partial charge in [0.2, 0.25) is 0 Å². The molecule has 1 rings (SSSR count). The van der Waals surface area contributed by atoms with E-state index in [0.717, 1.165) is 29.7 Å². The average Bonchev–Trinajstić information content (AvgIpc) is 2.33. The van der Waals surface area contributed by atoms with Gasteiger partial charge in [0.15, 0.2) is 0 Å². The number of amides is 2. The fraction of sp³-hybridized carbons (Fsp3) is 0.385. The van der Waals surface area contributed by atoms with E-state index in [9.17, 15) is 4.79 Å². The lowest BCUT2D eigenvalue weighted by Gasteiger charge is -2.09. The maximum atomic E-state index is 10.5. The summed E-state index contributed by atoms with van der Waals surface area (Å²) in [6, 6.07) is 5.05. The molecule has 98 valence electrons. The highest BCUT2D eigenvalue weighted by atomic mass is 16.5. The molecule has 1 aromatic carbocycles. The summed E-state index contributed by atoms with van der Waals surface area (Å²) in [7, 11) is 0. The first-order chi connectivity index (χ1) is 8.63. The van der Waals surface area contributed by atoms with E-state index in [4.69, 9.17) is 10.5 Å². The molecule has 0 saturated heterocycles. The van der Waals surface area contributed by atoms with Gasteiger partial charge in [-0.1, -0.05) is 25.5 Å². The van der Waals surface area contributed by atoms with Crippen molar-refractivity contribution in [2.75, 3.05) is 6.61 Å². The molecule has 0 heterocycles. The van der Waals surface area contributed by atoms with Crippen LogP contribution in [0.25, 0.3) is 0 Å². The number of nitrogens with zero attached hydrogens (tertiary/aromatic N) is 1. The molecular weight excluding hydrogens is 230 g/mol. The molecule has 3 N–H and O–H groups in total. The third kappa shape index (κ3) is 4.86. The number of ether oxygens (including phenoxy) is 1. The molecule has 0 aliphatic heterocycles. The molecule has 5 nitrogen and oxygen atoms in total. The predicted molar refractivity (Wildman–Crippen MR) is 71.9 cm³/mol. The first-order valence-electron chi connectivity index (χ1n) is 5.95. The number of nitrogens with one attached hydrogen (secondary N) is 1. The van der Waals surface area contributed by atoms with Crippen LogP contribution in [0.5, 0.6) is 5.75 Å². The summed E-state index contributed by atoms with van der Waals surface area (Å²) in [5.74, 6) is 0.839. The highest BCUT2D eigenvalue weighted by Gasteiger charge is 2.00. The van der Waals surface area contributed by atoms with Crippen molar-refractivity contribution in [3.8, 4) is 5.75 Å². The van der Waals surface area contributed by atoms with Crippen LogP contribution in [0.2, 0.25) is 0 Å². The topological polar surface area (TPSA) is 76.7 Å². The van der Waals surface area contributed by atoms with Crippen LogP contribution in [0.1, 0.15) is 30.9 Å². The van der Waals surface area contributed by atoms with Gasteiger partial charge in [-0.05, 0) is 30.5 Å². The molecular formula is C13H19N3O2. The maximum Gasteiger partial charge on any atom is 0.332 e. The second-order valence-corrected chi connectivity index (χ2v) is 3.96. The highest BCUT2D eigenvalue weighted by molar-refractivity contribution is 5.82. The Kier molecular flexibility index (Phi) is 5.70. The van der Waals surface area contributed by atoms with Gasteiger partial charge in [0, 0.05) is 0 Å². The zero-order valence-corrected chi connectivity index (χ0v) is 10.8. The molecule has 0 fully saturated rings. The average molecular weight is 249 g/mol. The molecule has 0 atom stereocenters. The van der Waals surface area contributed by atoms with Gasteiger partial charge in [-0.25, -0.2) is 10.2 Å². The molecule has 2 amide bonds. The second kappa shape index (κ2) is 7.32. The Balaban J connectivity index is 2.67. The van der Waals surface area contributed by atoms with Crippen LogP contribution in [0.15, 0.2) is 23.3 Å². The van der Waals surface area contributed by atoms with Gasteiger partial charge >= 0.3 is 6.03 Å². The number of benzene rings is 1. The summed E-state index contributed by atoms with van der Waals surface area (Å²) >= 11 is 0. The third-order valence-corrected chi connectivity index (χ3v) is 2.36. The van der Waals surface area contributed by atoms with E-state index < -0.39 is 6.03 Å². The van der Waals surface area contributed by atoms with E-state index in [0.29, 0.717) is 6.61 Å². The van der Waals surface area contributed by atoms with Crippen LogP contribution in [-0.4, -0.2) is 18.9 Å². The molecule has 0 saturated carbocycles. The van der Waals surface area contributed by atoms with Gasteiger partial charge in [0.05, 0.1) is 12.8 Å². The first kappa shape index (κ1) is 14.0. The van der Waals surface area contributed by atoms with Gasteiger partial charge in [-0.2, -0.15) is 5.10 Å². The van der Waals surface area contributed by atoms with Crippen molar-refractivity contribution in [1.29, 1.82) is 0 Å². The maximum absolute atomic E-state index is 10.5. The largest absolute Gasteiger partial charge is 0.493 e. The summed E-state index contributed by atoms with van der Waals surface area (Å²) in [6.45, 7) is 4.82.